The first-order chi connectivity index (χ1) is 14.8. The van der Waals surface area contributed by atoms with Crippen molar-refractivity contribution in [2.75, 3.05) is 0 Å². The van der Waals surface area contributed by atoms with Gasteiger partial charge in [-0.2, -0.15) is 0 Å². The average molecular weight is 411 g/mol. The number of nitrogens with one attached hydrogen (secondary N) is 1. The van der Waals surface area contributed by atoms with E-state index in [4.69, 9.17) is 4.98 Å². The molecular weight excluding hydrogens is 392 g/mol. The van der Waals surface area contributed by atoms with Crippen LogP contribution in [0.1, 0.15) is 5.69 Å². The van der Waals surface area contributed by atoms with E-state index in [2.05, 4.69) is 34.2 Å². The molecular formula is C24H18N4OS. The van der Waals surface area contributed by atoms with Crippen LogP contribution in [-0.4, -0.2) is 19.4 Å². The van der Waals surface area contributed by atoms with Gasteiger partial charge in [-0.15, -0.1) is 0 Å². The quantitative estimate of drug-likeness (QED) is 0.412. The number of fused-ring (bicyclic) bond motifs is 1. The first-order valence-corrected chi connectivity index (χ1v) is 10.6. The maximum Gasteiger partial charge on any atom is 0.258 e. The summed E-state index contributed by atoms with van der Waals surface area (Å²) in [7, 11) is 0. The summed E-state index contributed by atoms with van der Waals surface area (Å²) in [5.41, 5.74) is 5.33. The molecule has 5 aromatic rings. The van der Waals surface area contributed by atoms with Gasteiger partial charge in [0.15, 0.2) is 5.16 Å². The molecule has 0 fully saturated rings. The summed E-state index contributed by atoms with van der Waals surface area (Å²) in [6.07, 6.45) is 1.73. The molecule has 6 heteroatoms. The number of imidazole rings is 1. The molecule has 0 saturated carbocycles. The van der Waals surface area contributed by atoms with Crippen molar-refractivity contribution in [1.29, 1.82) is 0 Å². The Kier molecular flexibility index (Phi) is 4.91. The molecule has 0 radical (unpaired) electrons. The van der Waals surface area contributed by atoms with E-state index in [9.17, 15) is 4.79 Å². The molecule has 5 nitrogen and oxygen atoms in total. The molecule has 0 aliphatic heterocycles. The number of aromatic nitrogens is 4. The van der Waals surface area contributed by atoms with E-state index >= 15 is 0 Å². The molecule has 0 saturated heterocycles. The molecule has 0 aliphatic carbocycles. The molecule has 0 spiro atoms. The topological polar surface area (TPSA) is 63.0 Å². The lowest BCUT2D eigenvalue weighted by Gasteiger charge is -2.03. The number of benzene rings is 2. The lowest BCUT2D eigenvalue weighted by Crippen LogP contribution is -2.14. The van der Waals surface area contributed by atoms with E-state index < -0.39 is 0 Å². The zero-order valence-electron chi connectivity index (χ0n) is 16.0. The third-order valence-electron chi connectivity index (χ3n) is 4.77. The highest BCUT2D eigenvalue weighted by atomic mass is 32.2. The summed E-state index contributed by atoms with van der Waals surface area (Å²) in [4.78, 5) is 25.2. The minimum atomic E-state index is -0.0782. The van der Waals surface area contributed by atoms with E-state index in [0.29, 0.717) is 11.4 Å². The second-order valence-corrected chi connectivity index (χ2v) is 7.76. The molecule has 2 aromatic carbocycles. The molecule has 1 N–H and O–H groups in total. The highest BCUT2D eigenvalue weighted by Gasteiger charge is 2.14. The first-order valence-electron chi connectivity index (χ1n) is 9.59. The van der Waals surface area contributed by atoms with Gasteiger partial charge >= 0.3 is 0 Å². The summed E-state index contributed by atoms with van der Waals surface area (Å²) in [6, 6.07) is 27.4. The van der Waals surface area contributed by atoms with Crippen molar-refractivity contribution in [2.24, 2.45) is 0 Å². The van der Waals surface area contributed by atoms with Crippen LogP contribution in [0, 0.1) is 0 Å². The van der Waals surface area contributed by atoms with Crippen molar-refractivity contribution < 1.29 is 0 Å². The zero-order chi connectivity index (χ0) is 20.3. The van der Waals surface area contributed by atoms with Gasteiger partial charge in [-0.05, 0) is 12.1 Å². The van der Waals surface area contributed by atoms with E-state index in [0.717, 1.165) is 33.4 Å². The molecule has 0 aliphatic rings. The van der Waals surface area contributed by atoms with Gasteiger partial charge in [0.1, 0.15) is 5.65 Å². The van der Waals surface area contributed by atoms with Crippen molar-refractivity contribution >= 4 is 17.4 Å². The van der Waals surface area contributed by atoms with Crippen LogP contribution >= 0.6 is 11.8 Å². The van der Waals surface area contributed by atoms with Gasteiger partial charge < -0.3 is 4.98 Å². The summed E-state index contributed by atoms with van der Waals surface area (Å²) in [6.45, 7) is 0. The lowest BCUT2D eigenvalue weighted by atomic mass is 10.1. The van der Waals surface area contributed by atoms with Gasteiger partial charge in [0, 0.05) is 29.1 Å². The fraction of sp³-hybridized carbons (Fsp3) is 0.0417. The lowest BCUT2D eigenvalue weighted by molar-refractivity contribution is 1.01. The summed E-state index contributed by atoms with van der Waals surface area (Å²) < 4.78 is 1.54. The number of thioether (sulfide) groups is 1. The zero-order valence-corrected chi connectivity index (χ0v) is 16.8. The minimum absolute atomic E-state index is 0.0782. The highest BCUT2D eigenvalue weighted by molar-refractivity contribution is 7.98. The molecule has 0 amide bonds. The maximum atomic E-state index is 12.3. The van der Waals surface area contributed by atoms with E-state index in [1.165, 1.54) is 11.8 Å². The SMILES string of the molecule is O=c1cc(CSc2nc(-c3ccccc3)c(-c3ccccc3)[nH]2)nc2ccccn12. The standard InChI is InChI=1S/C24H18N4OS/c29-21-15-19(25-20-13-7-8-14-28(20)21)16-30-24-26-22(17-9-3-1-4-10-17)23(27-24)18-11-5-2-6-12-18/h1-15H,16H2,(H,26,27). The smallest absolute Gasteiger partial charge is 0.258 e. The molecule has 30 heavy (non-hydrogen) atoms. The Morgan fingerprint density at radius 3 is 2.30 bits per heavy atom. The number of hydrogen-bond donors (Lipinski definition) is 1. The van der Waals surface area contributed by atoms with Crippen molar-refractivity contribution in [2.45, 2.75) is 10.9 Å². The van der Waals surface area contributed by atoms with Gasteiger partial charge in [-0.3, -0.25) is 9.20 Å². The van der Waals surface area contributed by atoms with Crippen LogP contribution in [0.15, 0.2) is 101 Å². The Hall–Kier alpha value is -3.64. The molecule has 3 heterocycles. The fourth-order valence-corrected chi connectivity index (χ4v) is 4.12. The molecule has 3 aromatic heterocycles. The normalized spacial score (nSPS) is 11.1. The summed E-state index contributed by atoms with van der Waals surface area (Å²) in [5, 5.41) is 0.794. The largest absolute Gasteiger partial charge is 0.332 e. The average Bonchev–Trinajstić information content (AvgIpc) is 3.23. The van der Waals surface area contributed by atoms with Crippen LogP contribution in [0.5, 0.6) is 0 Å². The van der Waals surface area contributed by atoms with Gasteiger partial charge in [0.05, 0.1) is 17.1 Å². The van der Waals surface area contributed by atoms with Crippen LogP contribution in [0.4, 0.5) is 0 Å². The molecule has 0 unspecified atom stereocenters. The molecule has 0 bridgehead atoms. The number of H-pyrrole nitrogens is 1. The van der Waals surface area contributed by atoms with Crippen molar-refractivity contribution in [3.63, 3.8) is 0 Å². The predicted octanol–water partition coefficient (Wildman–Crippen LogP) is 5.04. The van der Waals surface area contributed by atoms with Crippen LogP contribution in [0.2, 0.25) is 0 Å². The first kappa shape index (κ1) is 18.4. The highest BCUT2D eigenvalue weighted by Crippen LogP contribution is 2.33. The predicted molar refractivity (Wildman–Crippen MR) is 120 cm³/mol. The summed E-state index contributed by atoms with van der Waals surface area (Å²) >= 11 is 1.54. The second kappa shape index (κ2) is 8.00. The fourth-order valence-electron chi connectivity index (χ4n) is 3.36. The number of nitrogens with zero attached hydrogens (tertiary/aromatic N) is 3. The van der Waals surface area contributed by atoms with E-state index in [1.54, 1.807) is 16.7 Å². The van der Waals surface area contributed by atoms with Crippen LogP contribution < -0.4 is 5.56 Å². The monoisotopic (exact) mass is 410 g/mol. The third-order valence-corrected chi connectivity index (χ3v) is 5.68. The number of rotatable bonds is 5. The Balaban J connectivity index is 1.48. The van der Waals surface area contributed by atoms with Gasteiger partial charge in [-0.1, -0.05) is 78.5 Å². The Morgan fingerprint density at radius 1 is 0.833 bits per heavy atom. The Labute approximate surface area is 177 Å². The van der Waals surface area contributed by atoms with Crippen molar-refractivity contribution in [3.05, 3.63) is 107 Å². The molecule has 0 atom stereocenters. The molecule has 146 valence electrons. The minimum Gasteiger partial charge on any atom is -0.332 e. The van der Waals surface area contributed by atoms with Crippen molar-refractivity contribution in [3.8, 4) is 22.5 Å². The van der Waals surface area contributed by atoms with Crippen LogP contribution in [0.25, 0.3) is 28.2 Å². The molecule has 5 rings (SSSR count). The Morgan fingerprint density at radius 2 is 1.53 bits per heavy atom. The van der Waals surface area contributed by atoms with Gasteiger partial charge in [0.25, 0.3) is 5.56 Å². The van der Waals surface area contributed by atoms with Gasteiger partial charge in [0.2, 0.25) is 0 Å². The number of hydrogen-bond acceptors (Lipinski definition) is 4. The van der Waals surface area contributed by atoms with E-state index in [-0.39, 0.29) is 5.56 Å². The summed E-state index contributed by atoms with van der Waals surface area (Å²) in [5.74, 6) is 0.552. The number of aromatic amines is 1. The van der Waals surface area contributed by atoms with Crippen LogP contribution in [-0.2, 0) is 5.75 Å². The second-order valence-electron chi connectivity index (χ2n) is 6.80. The van der Waals surface area contributed by atoms with E-state index in [1.807, 2.05) is 54.6 Å². The third kappa shape index (κ3) is 3.65. The maximum absolute atomic E-state index is 12.3. The van der Waals surface area contributed by atoms with Crippen molar-refractivity contribution in [1.82, 2.24) is 19.4 Å². The number of pyridine rings is 1. The van der Waals surface area contributed by atoms with Gasteiger partial charge in [-0.25, -0.2) is 9.97 Å². The van der Waals surface area contributed by atoms with Crippen LogP contribution in [0.3, 0.4) is 0 Å². The Bertz CT molecular complexity index is 1300.